The molecule has 1 aliphatic rings. The van der Waals surface area contributed by atoms with Gasteiger partial charge in [-0.15, -0.1) is 11.8 Å². The molecule has 1 aliphatic heterocycles. The Morgan fingerprint density at radius 2 is 2.19 bits per heavy atom. The van der Waals surface area contributed by atoms with Gasteiger partial charge < -0.3 is 5.32 Å². The van der Waals surface area contributed by atoms with E-state index in [1.54, 1.807) is 12.1 Å². The molecule has 0 amide bonds. The first-order chi connectivity index (χ1) is 7.45. The molecule has 0 bridgehead atoms. The lowest BCUT2D eigenvalue weighted by atomic mass is 9.91. The molecular weight excluding hydrogens is 289 g/mol. The van der Waals surface area contributed by atoms with E-state index in [1.807, 2.05) is 18.8 Å². The Morgan fingerprint density at radius 3 is 2.81 bits per heavy atom. The fourth-order valence-electron chi connectivity index (χ4n) is 2.25. The van der Waals surface area contributed by atoms with Crippen LogP contribution in [-0.2, 0) is 5.75 Å². The largest absolute Gasteiger partial charge is 0.312 e. The van der Waals surface area contributed by atoms with Crippen LogP contribution < -0.4 is 5.32 Å². The second-order valence-electron chi connectivity index (χ2n) is 4.57. The van der Waals surface area contributed by atoms with Crippen LogP contribution in [0.2, 0.25) is 0 Å². The third kappa shape index (κ3) is 2.03. The molecule has 1 nitrogen and oxygen atoms in total. The average Bonchev–Trinajstić information content (AvgIpc) is 2.15. The fraction of sp³-hybridized carbons (Fsp3) is 0.500. The van der Waals surface area contributed by atoms with Crippen LogP contribution in [0.25, 0.3) is 0 Å². The van der Waals surface area contributed by atoms with Crippen molar-refractivity contribution in [2.75, 3.05) is 7.05 Å². The highest BCUT2D eigenvalue weighted by atomic mass is 79.9. The summed E-state index contributed by atoms with van der Waals surface area (Å²) in [5, 5.41) is 3.30. The first-order valence-electron chi connectivity index (χ1n) is 5.25. The SMILES string of the molecule is CNC1c2cc(F)cc(Br)c2CSC1(C)C. The number of halogens is 2. The van der Waals surface area contributed by atoms with Gasteiger partial charge in [0.2, 0.25) is 0 Å². The molecule has 4 heteroatoms. The van der Waals surface area contributed by atoms with Crippen molar-refractivity contribution in [2.24, 2.45) is 0 Å². The average molecular weight is 304 g/mol. The van der Waals surface area contributed by atoms with Crippen LogP contribution in [0.1, 0.15) is 31.0 Å². The number of thioether (sulfide) groups is 1. The van der Waals surface area contributed by atoms with Crippen LogP contribution in [0.5, 0.6) is 0 Å². The quantitative estimate of drug-likeness (QED) is 0.845. The zero-order valence-electron chi connectivity index (χ0n) is 9.60. The molecule has 0 saturated heterocycles. The molecule has 1 aromatic carbocycles. The smallest absolute Gasteiger partial charge is 0.124 e. The lowest BCUT2D eigenvalue weighted by Crippen LogP contribution is -2.38. The topological polar surface area (TPSA) is 12.0 Å². The van der Waals surface area contributed by atoms with Gasteiger partial charge in [0.1, 0.15) is 5.82 Å². The highest BCUT2D eigenvalue weighted by Crippen LogP contribution is 2.47. The minimum Gasteiger partial charge on any atom is -0.312 e. The molecule has 0 fully saturated rings. The van der Waals surface area contributed by atoms with Crippen LogP contribution in [0, 0.1) is 5.82 Å². The number of fused-ring (bicyclic) bond motifs is 1. The van der Waals surface area contributed by atoms with Crippen LogP contribution in [0.3, 0.4) is 0 Å². The highest BCUT2D eigenvalue weighted by molar-refractivity contribution is 9.10. The monoisotopic (exact) mass is 303 g/mol. The van der Waals surface area contributed by atoms with Crippen molar-refractivity contribution in [1.29, 1.82) is 0 Å². The van der Waals surface area contributed by atoms with E-state index in [9.17, 15) is 4.39 Å². The van der Waals surface area contributed by atoms with Crippen molar-refractivity contribution in [3.63, 3.8) is 0 Å². The van der Waals surface area contributed by atoms with Gasteiger partial charge in [-0.2, -0.15) is 0 Å². The molecule has 16 heavy (non-hydrogen) atoms. The lowest BCUT2D eigenvalue weighted by molar-refractivity contribution is 0.470. The van der Waals surface area contributed by atoms with Gasteiger partial charge in [0.25, 0.3) is 0 Å². The summed E-state index contributed by atoms with van der Waals surface area (Å²) in [4.78, 5) is 0. The van der Waals surface area contributed by atoms with Crippen LogP contribution in [-0.4, -0.2) is 11.8 Å². The highest BCUT2D eigenvalue weighted by Gasteiger charge is 2.36. The Morgan fingerprint density at radius 1 is 1.50 bits per heavy atom. The first-order valence-corrected chi connectivity index (χ1v) is 7.02. The van der Waals surface area contributed by atoms with Gasteiger partial charge in [-0.25, -0.2) is 4.39 Å². The predicted octanol–water partition coefficient (Wildman–Crippen LogP) is 3.87. The number of rotatable bonds is 1. The van der Waals surface area contributed by atoms with Gasteiger partial charge in [-0.05, 0) is 44.2 Å². The van der Waals surface area contributed by atoms with E-state index in [2.05, 4.69) is 35.1 Å². The molecule has 0 aliphatic carbocycles. The molecule has 1 heterocycles. The predicted molar refractivity (Wildman–Crippen MR) is 71.3 cm³/mol. The Labute approximate surface area is 108 Å². The molecule has 1 N–H and O–H groups in total. The van der Waals surface area contributed by atoms with Gasteiger partial charge in [-0.1, -0.05) is 15.9 Å². The number of nitrogens with one attached hydrogen (secondary N) is 1. The van der Waals surface area contributed by atoms with Crippen molar-refractivity contribution in [3.8, 4) is 0 Å². The minimum atomic E-state index is -0.173. The molecule has 0 saturated carbocycles. The van der Waals surface area contributed by atoms with E-state index in [0.717, 1.165) is 15.8 Å². The summed E-state index contributed by atoms with van der Waals surface area (Å²) in [6, 6.07) is 3.39. The van der Waals surface area contributed by atoms with Crippen molar-refractivity contribution in [2.45, 2.75) is 30.4 Å². The maximum absolute atomic E-state index is 13.5. The van der Waals surface area contributed by atoms with E-state index in [1.165, 1.54) is 5.56 Å². The number of benzene rings is 1. The van der Waals surface area contributed by atoms with Gasteiger partial charge in [0, 0.05) is 21.0 Å². The van der Waals surface area contributed by atoms with Gasteiger partial charge in [0.15, 0.2) is 0 Å². The summed E-state index contributed by atoms with van der Waals surface area (Å²) in [6.45, 7) is 4.39. The molecule has 2 rings (SSSR count). The van der Waals surface area contributed by atoms with E-state index >= 15 is 0 Å². The van der Waals surface area contributed by atoms with Gasteiger partial charge in [-0.3, -0.25) is 0 Å². The third-order valence-electron chi connectivity index (χ3n) is 3.08. The molecule has 0 aromatic heterocycles. The minimum absolute atomic E-state index is 0.0922. The zero-order valence-corrected chi connectivity index (χ0v) is 12.0. The van der Waals surface area contributed by atoms with Crippen molar-refractivity contribution < 1.29 is 4.39 Å². The maximum atomic E-state index is 13.5. The van der Waals surface area contributed by atoms with Gasteiger partial charge >= 0.3 is 0 Å². The van der Waals surface area contributed by atoms with E-state index < -0.39 is 0 Å². The Kier molecular flexibility index (Phi) is 3.34. The summed E-state index contributed by atoms with van der Waals surface area (Å²) >= 11 is 5.35. The second kappa shape index (κ2) is 4.31. The summed E-state index contributed by atoms with van der Waals surface area (Å²) in [5.41, 5.74) is 2.29. The van der Waals surface area contributed by atoms with Crippen molar-refractivity contribution >= 4 is 27.7 Å². The maximum Gasteiger partial charge on any atom is 0.124 e. The Hall–Kier alpha value is -0.0600. The Bertz CT molecular complexity index is 420. The van der Waals surface area contributed by atoms with Crippen molar-refractivity contribution in [1.82, 2.24) is 5.32 Å². The Balaban J connectivity index is 2.57. The zero-order chi connectivity index (χ0) is 11.9. The van der Waals surface area contributed by atoms with Gasteiger partial charge in [0.05, 0.1) is 0 Å². The van der Waals surface area contributed by atoms with E-state index in [4.69, 9.17) is 0 Å². The molecule has 88 valence electrons. The van der Waals surface area contributed by atoms with E-state index in [0.29, 0.717) is 0 Å². The lowest BCUT2D eigenvalue weighted by Gasteiger charge is -2.39. The molecular formula is C12H15BrFNS. The molecule has 0 spiro atoms. The number of hydrogen-bond acceptors (Lipinski definition) is 2. The summed E-state index contributed by atoms with van der Waals surface area (Å²) in [6.07, 6.45) is 0. The first kappa shape index (κ1) is 12.4. The molecule has 0 radical (unpaired) electrons. The summed E-state index contributed by atoms with van der Waals surface area (Å²) in [7, 11) is 1.93. The third-order valence-corrected chi connectivity index (χ3v) is 5.20. The van der Waals surface area contributed by atoms with E-state index in [-0.39, 0.29) is 16.6 Å². The fourth-order valence-corrected chi connectivity index (χ4v) is 4.28. The number of hydrogen-bond donors (Lipinski definition) is 1. The standard InChI is InChI=1S/C12H15BrFNS/c1-12(2)11(15-3)8-4-7(14)5-10(13)9(8)6-16-12/h4-5,11,15H,6H2,1-3H3. The normalized spacial score (nSPS) is 22.9. The second-order valence-corrected chi connectivity index (χ2v) is 7.05. The molecule has 1 aromatic rings. The van der Waals surface area contributed by atoms with Crippen molar-refractivity contribution in [3.05, 3.63) is 33.5 Å². The molecule has 1 unspecified atom stereocenters. The summed E-state index contributed by atoms with van der Waals surface area (Å²) in [5.74, 6) is 0.759. The van der Waals surface area contributed by atoms with Crippen LogP contribution in [0.15, 0.2) is 16.6 Å². The summed E-state index contributed by atoms with van der Waals surface area (Å²) < 4.78 is 14.4. The van der Waals surface area contributed by atoms with Crippen LogP contribution in [0.4, 0.5) is 4.39 Å². The molecule has 1 atom stereocenters. The van der Waals surface area contributed by atoms with Crippen LogP contribution >= 0.6 is 27.7 Å².